The maximum absolute atomic E-state index is 10.8. The van der Waals surface area contributed by atoms with Gasteiger partial charge in [0.1, 0.15) is 6.26 Å². The van der Waals surface area contributed by atoms with Gasteiger partial charge >= 0.3 is 0 Å². The Morgan fingerprint density at radius 3 is 3.08 bits per heavy atom. The van der Waals surface area contributed by atoms with E-state index in [1.54, 1.807) is 13.3 Å². The Morgan fingerprint density at radius 2 is 2.58 bits per heavy atom. The molecule has 0 radical (unpaired) electrons. The Hall–Kier alpha value is -0.970. The van der Waals surface area contributed by atoms with E-state index < -0.39 is 0 Å². The van der Waals surface area contributed by atoms with Crippen molar-refractivity contribution in [3.63, 3.8) is 0 Å². The summed E-state index contributed by atoms with van der Waals surface area (Å²) in [7, 11) is 1.60. The molecule has 0 unspecified atom stereocenters. The molecule has 12 heavy (non-hydrogen) atoms. The fourth-order valence-corrected chi connectivity index (χ4v) is 1.32. The van der Waals surface area contributed by atoms with Gasteiger partial charge in [-0.1, -0.05) is 11.8 Å². The second-order valence-corrected chi connectivity index (χ2v) is 3.14. The van der Waals surface area contributed by atoms with Crippen molar-refractivity contribution in [2.24, 2.45) is 0 Å². The highest BCUT2D eigenvalue weighted by Crippen LogP contribution is 2.15. The molecule has 1 rings (SSSR count). The highest BCUT2D eigenvalue weighted by atomic mass is 32.2. The molecule has 0 aliphatic rings. The minimum Gasteiger partial charge on any atom is -0.440 e. The molecule has 66 valence electrons. The standard InChI is InChI=1S/C7H10N2O2S/c1-5-3-11-7(9-5)12-4-6(10)8-2/h3H,4H2,1-2H3,(H,8,10). The van der Waals surface area contributed by atoms with Crippen LogP contribution in [0.1, 0.15) is 5.69 Å². The van der Waals surface area contributed by atoms with Gasteiger partial charge in [-0.05, 0) is 6.92 Å². The van der Waals surface area contributed by atoms with E-state index >= 15 is 0 Å². The number of carbonyl (C=O) groups is 1. The molecule has 4 nitrogen and oxygen atoms in total. The van der Waals surface area contributed by atoms with Gasteiger partial charge in [0.25, 0.3) is 5.22 Å². The second-order valence-electron chi connectivity index (χ2n) is 2.22. The summed E-state index contributed by atoms with van der Waals surface area (Å²) in [6.07, 6.45) is 1.56. The number of hydrogen-bond donors (Lipinski definition) is 1. The monoisotopic (exact) mass is 186 g/mol. The molecule has 0 aromatic carbocycles. The SMILES string of the molecule is CNC(=O)CSc1nc(C)co1. The van der Waals surface area contributed by atoms with Crippen molar-refractivity contribution in [3.8, 4) is 0 Å². The number of aromatic nitrogens is 1. The number of aryl methyl sites for hydroxylation is 1. The van der Waals surface area contributed by atoms with Crippen LogP contribution in [0.5, 0.6) is 0 Å². The van der Waals surface area contributed by atoms with Crippen LogP contribution < -0.4 is 5.32 Å². The van der Waals surface area contributed by atoms with Gasteiger partial charge in [-0.15, -0.1) is 0 Å². The molecule has 0 saturated heterocycles. The molecule has 1 aromatic heterocycles. The third kappa shape index (κ3) is 2.58. The van der Waals surface area contributed by atoms with E-state index in [0.717, 1.165) is 5.69 Å². The van der Waals surface area contributed by atoms with E-state index in [1.807, 2.05) is 6.92 Å². The highest BCUT2D eigenvalue weighted by molar-refractivity contribution is 7.99. The topological polar surface area (TPSA) is 55.1 Å². The van der Waals surface area contributed by atoms with Crippen LogP contribution in [0.2, 0.25) is 0 Å². The van der Waals surface area contributed by atoms with Crippen LogP contribution in [-0.4, -0.2) is 23.7 Å². The van der Waals surface area contributed by atoms with Crippen molar-refractivity contribution in [1.82, 2.24) is 10.3 Å². The second kappa shape index (κ2) is 4.15. The highest BCUT2D eigenvalue weighted by Gasteiger charge is 2.04. The lowest BCUT2D eigenvalue weighted by molar-refractivity contribution is -0.118. The van der Waals surface area contributed by atoms with Crippen molar-refractivity contribution >= 4 is 17.7 Å². The maximum Gasteiger partial charge on any atom is 0.256 e. The fraction of sp³-hybridized carbons (Fsp3) is 0.429. The van der Waals surface area contributed by atoms with Crippen LogP contribution in [0.15, 0.2) is 15.9 Å². The van der Waals surface area contributed by atoms with Crippen LogP contribution in [0.25, 0.3) is 0 Å². The van der Waals surface area contributed by atoms with E-state index in [4.69, 9.17) is 4.42 Å². The summed E-state index contributed by atoms with van der Waals surface area (Å²) in [5.41, 5.74) is 0.828. The molecule has 1 amide bonds. The van der Waals surface area contributed by atoms with Crippen LogP contribution >= 0.6 is 11.8 Å². The molecule has 0 aliphatic carbocycles. The predicted molar refractivity (Wildman–Crippen MR) is 46.0 cm³/mol. The number of amides is 1. The van der Waals surface area contributed by atoms with Crippen LogP contribution in [0.4, 0.5) is 0 Å². The Bertz CT molecular complexity index is 272. The van der Waals surface area contributed by atoms with Gasteiger partial charge in [-0.2, -0.15) is 0 Å². The van der Waals surface area contributed by atoms with E-state index in [2.05, 4.69) is 10.3 Å². The van der Waals surface area contributed by atoms with Gasteiger partial charge in [0.05, 0.1) is 11.4 Å². The number of oxazole rings is 1. The molecule has 0 atom stereocenters. The molecule has 1 aromatic rings. The zero-order chi connectivity index (χ0) is 8.97. The molecule has 1 heterocycles. The zero-order valence-electron chi connectivity index (χ0n) is 6.96. The van der Waals surface area contributed by atoms with Crippen molar-refractivity contribution in [2.75, 3.05) is 12.8 Å². The Balaban J connectivity index is 2.38. The van der Waals surface area contributed by atoms with E-state index in [-0.39, 0.29) is 5.91 Å². The molecule has 1 N–H and O–H groups in total. The minimum atomic E-state index is -0.0316. The van der Waals surface area contributed by atoms with Crippen molar-refractivity contribution in [3.05, 3.63) is 12.0 Å². The first-order valence-electron chi connectivity index (χ1n) is 3.48. The normalized spacial score (nSPS) is 9.83. The van der Waals surface area contributed by atoms with Crippen molar-refractivity contribution in [1.29, 1.82) is 0 Å². The molecule has 0 spiro atoms. The van der Waals surface area contributed by atoms with Crippen molar-refractivity contribution in [2.45, 2.75) is 12.1 Å². The summed E-state index contributed by atoms with van der Waals surface area (Å²) in [5.74, 6) is 0.312. The van der Waals surface area contributed by atoms with Crippen LogP contribution in [-0.2, 0) is 4.79 Å². The molecule has 0 fully saturated rings. The van der Waals surface area contributed by atoms with Gasteiger partial charge in [-0.3, -0.25) is 4.79 Å². The third-order valence-electron chi connectivity index (χ3n) is 1.20. The number of hydrogen-bond acceptors (Lipinski definition) is 4. The van der Waals surface area contributed by atoms with E-state index in [9.17, 15) is 4.79 Å². The van der Waals surface area contributed by atoms with Gasteiger partial charge in [0.15, 0.2) is 0 Å². The average Bonchev–Trinajstić information content (AvgIpc) is 2.47. The first-order valence-corrected chi connectivity index (χ1v) is 4.46. The van der Waals surface area contributed by atoms with E-state index in [0.29, 0.717) is 11.0 Å². The molecule has 0 bridgehead atoms. The average molecular weight is 186 g/mol. The molecule has 0 aliphatic heterocycles. The number of thioether (sulfide) groups is 1. The summed E-state index contributed by atoms with van der Waals surface area (Å²) in [4.78, 5) is 14.8. The summed E-state index contributed by atoms with van der Waals surface area (Å²) >= 11 is 1.28. The Morgan fingerprint density at radius 1 is 1.83 bits per heavy atom. The van der Waals surface area contributed by atoms with Crippen molar-refractivity contribution < 1.29 is 9.21 Å². The van der Waals surface area contributed by atoms with Crippen LogP contribution in [0.3, 0.4) is 0 Å². The quantitative estimate of drug-likeness (QED) is 0.710. The van der Waals surface area contributed by atoms with Gasteiger partial charge in [0.2, 0.25) is 5.91 Å². The lowest BCUT2D eigenvalue weighted by Crippen LogP contribution is -2.19. The largest absolute Gasteiger partial charge is 0.440 e. The van der Waals surface area contributed by atoms with Gasteiger partial charge < -0.3 is 9.73 Å². The molecule has 5 heteroatoms. The summed E-state index contributed by atoms with van der Waals surface area (Å²) < 4.78 is 5.03. The summed E-state index contributed by atoms with van der Waals surface area (Å²) in [6, 6.07) is 0. The number of rotatable bonds is 3. The zero-order valence-corrected chi connectivity index (χ0v) is 7.77. The van der Waals surface area contributed by atoms with Gasteiger partial charge in [0, 0.05) is 7.05 Å². The lowest BCUT2D eigenvalue weighted by Gasteiger charge is -1.94. The number of nitrogens with zero attached hydrogens (tertiary/aromatic N) is 1. The lowest BCUT2D eigenvalue weighted by atomic mass is 10.6. The number of nitrogens with one attached hydrogen (secondary N) is 1. The smallest absolute Gasteiger partial charge is 0.256 e. The maximum atomic E-state index is 10.8. The van der Waals surface area contributed by atoms with Gasteiger partial charge in [-0.25, -0.2) is 4.98 Å². The minimum absolute atomic E-state index is 0.0316. The first kappa shape index (κ1) is 9.12. The molecule has 0 saturated carbocycles. The molecular weight excluding hydrogens is 176 g/mol. The van der Waals surface area contributed by atoms with Crippen LogP contribution in [0, 0.1) is 6.92 Å². The summed E-state index contributed by atoms with van der Waals surface area (Å²) in [6.45, 7) is 1.84. The third-order valence-corrected chi connectivity index (χ3v) is 2.04. The molecular formula is C7H10N2O2S. The Kier molecular flexibility index (Phi) is 3.16. The first-order chi connectivity index (χ1) is 5.72. The summed E-state index contributed by atoms with van der Waals surface area (Å²) in [5, 5.41) is 3.05. The fourth-order valence-electron chi connectivity index (χ4n) is 0.598. The number of carbonyl (C=O) groups excluding carboxylic acids is 1. The van der Waals surface area contributed by atoms with E-state index in [1.165, 1.54) is 11.8 Å². The predicted octanol–water partition coefficient (Wildman–Crippen LogP) is 0.821. The Labute approximate surface area is 74.7 Å².